The zero-order valence-corrected chi connectivity index (χ0v) is 13.4. The summed E-state index contributed by atoms with van der Waals surface area (Å²) < 4.78 is 12.7. The summed E-state index contributed by atoms with van der Waals surface area (Å²) in [4.78, 5) is 2.37. The lowest BCUT2D eigenvalue weighted by atomic mass is 10.0. The summed E-state index contributed by atoms with van der Waals surface area (Å²) in [7, 11) is 0. The van der Waals surface area contributed by atoms with Crippen LogP contribution in [0.4, 0.5) is 0 Å². The molecule has 0 bridgehead atoms. The highest BCUT2D eigenvalue weighted by atomic mass is 16.5. The predicted molar refractivity (Wildman–Crippen MR) is 85.8 cm³/mol. The first-order valence-corrected chi connectivity index (χ1v) is 8.31. The molecule has 2 aromatic rings. The topological polar surface area (TPSA) is 63.7 Å². The van der Waals surface area contributed by atoms with Gasteiger partial charge in [0.25, 0.3) is 0 Å². The van der Waals surface area contributed by atoms with Crippen molar-refractivity contribution < 1.29 is 14.3 Å². The molecule has 1 N–H and O–H groups in total. The Morgan fingerprint density at radius 2 is 2.35 bits per heavy atom. The van der Waals surface area contributed by atoms with Crippen LogP contribution in [0.3, 0.4) is 0 Å². The van der Waals surface area contributed by atoms with Crippen molar-refractivity contribution in [3.05, 3.63) is 42.6 Å². The molecule has 0 aromatic carbocycles. The largest absolute Gasteiger partial charge is 0.467 e. The first kappa shape index (κ1) is 16.2. The lowest BCUT2D eigenvalue weighted by Gasteiger charge is -2.36. The third-order valence-electron chi connectivity index (χ3n) is 4.29. The van der Waals surface area contributed by atoms with Gasteiger partial charge in [-0.1, -0.05) is 6.42 Å². The van der Waals surface area contributed by atoms with Crippen LogP contribution in [0.25, 0.3) is 0 Å². The van der Waals surface area contributed by atoms with Gasteiger partial charge in [0.2, 0.25) is 0 Å². The first-order valence-electron chi connectivity index (χ1n) is 8.31. The van der Waals surface area contributed by atoms with E-state index in [2.05, 4.69) is 10.00 Å². The quantitative estimate of drug-likeness (QED) is 0.805. The molecule has 0 aliphatic carbocycles. The number of hydrogen-bond donors (Lipinski definition) is 1. The van der Waals surface area contributed by atoms with Gasteiger partial charge in [-0.2, -0.15) is 5.10 Å². The van der Waals surface area contributed by atoms with Gasteiger partial charge in [-0.15, -0.1) is 0 Å². The Hall–Kier alpha value is -1.63. The van der Waals surface area contributed by atoms with E-state index in [1.807, 2.05) is 35.3 Å². The van der Waals surface area contributed by atoms with E-state index in [4.69, 9.17) is 9.15 Å². The molecule has 1 saturated heterocycles. The zero-order chi connectivity index (χ0) is 15.9. The van der Waals surface area contributed by atoms with Crippen molar-refractivity contribution in [2.45, 2.75) is 44.6 Å². The molecule has 0 saturated carbocycles. The van der Waals surface area contributed by atoms with Crippen LogP contribution >= 0.6 is 0 Å². The molecule has 6 nitrogen and oxygen atoms in total. The van der Waals surface area contributed by atoms with Gasteiger partial charge in [-0.3, -0.25) is 9.58 Å². The van der Waals surface area contributed by atoms with Gasteiger partial charge < -0.3 is 14.3 Å². The van der Waals surface area contributed by atoms with E-state index in [9.17, 15) is 5.11 Å². The highest BCUT2D eigenvalue weighted by Crippen LogP contribution is 2.18. The van der Waals surface area contributed by atoms with Gasteiger partial charge in [-0.05, 0) is 37.6 Å². The number of nitrogens with zero attached hydrogens (tertiary/aromatic N) is 3. The van der Waals surface area contributed by atoms with E-state index in [1.165, 1.54) is 12.8 Å². The first-order chi connectivity index (χ1) is 11.3. The normalized spacial score (nSPS) is 20.7. The Labute approximate surface area is 136 Å². The number of rotatable bonds is 8. The molecule has 1 aliphatic heterocycles. The lowest BCUT2D eigenvalue weighted by Crippen LogP contribution is -2.46. The van der Waals surface area contributed by atoms with Crippen molar-refractivity contribution in [3.63, 3.8) is 0 Å². The van der Waals surface area contributed by atoms with Gasteiger partial charge in [0, 0.05) is 25.0 Å². The van der Waals surface area contributed by atoms with Crippen molar-refractivity contribution >= 4 is 0 Å². The molecule has 0 amide bonds. The van der Waals surface area contributed by atoms with E-state index in [0.29, 0.717) is 25.8 Å². The Balaban J connectivity index is 1.44. The number of likely N-dealkylation sites (tertiary alicyclic amines) is 1. The maximum absolute atomic E-state index is 10.3. The van der Waals surface area contributed by atoms with Gasteiger partial charge >= 0.3 is 0 Å². The molecule has 1 aliphatic rings. The number of furan rings is 1. The van der Waals surface area contributed by atoms with Crippen LogP contribution in [0.2, 0.25) is 0 Å². The number of piperidine rings is 1. The van der Waals surface area contributed by atoms with Gasteiger partial charge in [0.05, 0.1) is 25.5 Å². The number of aromatic nitrogens is 2. The van der Waals surface area contributed by atoms with E-state index in [-0.39, 0.29) is 0 Å². The highest BCUT2D eigenvalue weighted by molar-refractivity contribution is 4.96. The van der Waals surface area contributed by atoms with E-state index in [0.717, 1.165) is 25.3 Å². The molecule has 3 rings (SSSR count). The number of aliphatic hydroxyl groups is 1. The Morgan fingerprint density at radius 3 is 3.13 bits per heavy atom. The van der Waals surface area contributed by atoms with Crippen LogP contribution in [0.15, 0.2) is 41.3 Å². The summed E-state index contributed by atoms with van der Waals surface area (Å²) in [6.07, 6.45) is 8.54. The Bertz CT molecular complexity index is 541. The van der Waals surface area contributed by atoms with Gasteiger partial charge in [0.1, 0.15) is 12.4 Å². The molecule has 2 atom stereocenters. The monoisotopic (exact) mass is 319 g/mol. The average molecular weight is 319 g/mol. The summed E-state index contributed by atoms with van der Waals surface area (Å²) >= 11 is 0. The molecule has 23 heavy (non-hydrogen) atoms. The van der Waals surface area contributed by atoms with Crippen molar-refractivity contribution in [3.8, 4) is 0 Å². The minimum atomic E-state index is -0.483. The second kappa shape index (κ2) is 8.29. The second-order valence-electron chi connectivity index (χ2n) is 6.12. The van der Waals surface area contributed by atoms with Crippen LogP contribution in [0.1, 0.15) is 25.0 Å². The molecule has 0 radical (unpaired) electrons. The molecule has 3 heterocycles. The minimum absolute atomic E-state index is 0.325. The van der Waals surface area contributed by atoms with Crippen molar-refractivity contribution in [1.82, 2.24) is 14.7 Å². The summed E-state index contributed by atoms with van der Waals surface area (Å²) in [5.74, 6) is 0.784. The summed E-state index contributed by atoms with van der Waals surface area (Å²) in [6.45, 7) is 3.28. The van der Waals surface area contributed by atoms with Crippen LogP contribution in [0, 0.1) is 0 Å². The Morgan fingerprint density at radius 1 is 1.39 bits per heavy atom. The number of hydrogen-bond acceptors (Lipinski definition) is 5. The van der Waals surface area contributed by atoms with Gasteiger partial charge in [0.15, 0.2) is 0 Å². The molecule has 1 fully saturated rings. The SMILES string of the molecule is O[C@H](COCc1ccco1)CN1CCCC[C@H]1Cn1cccn1. The summed E-state index contributed by atoms with van der Waals surface area (Å²) in [5, 5.41) is 14.5. The van der Waals surface area contributed by atoms with Crippen molar-refractivity contribution in [2.75, 3.05) is 19.7 Å². The van der Waals surface area contributed by atoms with Crippen LogP contribution in [-0.4, -0.2) is 51.6 Å². The number of β-amino-alcohol motifs (C(OH)–C–C–N with tert-alkyl or cyclic N) is 1. The molecule has 6 heteroatoms. The molecule has 126 valence electrons. The van der Waals surface area contributed by atoms with Crippen molar-refractivity contribution in [2.24, 2.45) is 0 Å². The predicted octanol–water partition coefficient (Wildman–Crippen LogP) is 1.91. The highest BCUT2D eigenvalue weighted by Gasteiger charge is 2.24. The number of ether oxygens (including phenoxy) is 1. The van der Waals surface area contributed by atoms with E-state index in [1.54, 1.807) is 6.26 Å². The fourth-order valence-electron chi connectivity index (χ4n) is 3.15. The molecule has 0 spiro atoms. The molecule has 0 unspecified atom stereocenters. The third-order valence-corrected chi connectivity index (χ3v) is 4.29. The van der Waals surface area contributed by atoms with Gasteiger partial charge in [-0.25, -0.2) is 0 Å². The van der Waals surface area contributed by atoms with Crippen LogP contribution in [0.5, 0.6) is 0 Å². The average Bonchev–Trinajstić information content (AvgIpc) is 3.23. The number of aliphatic hydroxyl groups excluding tert-OH is 1. The van der Waals surface area contributed by atoms with Crippen molar-refractivity contribution in [1.29, 1.82) is 0 Å². The fraction of sp³-hybridized carbons (Fsp3) is 0.588. The molecular formula is C17H25N3O3. The summed E-state index contributed by atoms with van der Waals surface area (Å²) in [5.41, 5.74) is 0. The zero-order valence-electron chi connectivity index (χ0n) is 13.4. The van der Waals surface area contributed by atoms with E-state index < -0.39 is 6.10 Å². The van der Waals surface area contributed by atoms with Crippen LogP contribution in [-0.2, 0) is 17.9 Å². The summed E-state index contributed by atoms with van der Waals surface area (Å²) in [6, 6.07) is 6.09. The van der Waals surface area contributed by atoms with E-state index >= 15 is 0 Å². The standard InChI is InChI=1S/C17H25N3O3/c21-16(13-22-14-17-6-3-10-23-17)12-19-8-2-1-5-15(19)11-20-9-4-7-18-20/h3-4,6-7,9-10,15-16,21H,1-2,5,8,11-14H2/t15-,16-/m0/s1. The maximum Gasteiger partial charge on any atom is 0.129 e. The molecule has 2 aromatic heterocycles. The minimum Gasteiger partial charge on any atom is -0.467 e. The maximum atomic E-state index is 10.3. The third kappa shape index (κ3) is 4.92. The second-order valence-corrected chi connectivity index (χ2v) is 6.12. The Kier molecular flexibility index (Phi) is 5.85. The lowest BCUT2D eigenvalue weighted by molar-refractivity contribution is -0.00928. The fourth-order valence-corrected chi connectivity index (χ4v) is 3.15. The van der Waals surface area contributed by atoms with Crippen LogP contribution < -0.4 is 0 Å². The molecular weight excluding hydrogens is 294 g/mol. The smallest absolute Gasteiger partial charge is 0.129 e.